The molecule has 29 heavy (non-hydrogen) atoms. The number of rotatable bonds is 5. The molecule has 0 unspecified atom stereocenters. The summed E-state index contributed by atoms with van der Waals surface area (Å²) in [6, 6.07) is 13.2. The van der Waals surface area contributed by atoms with Crippen molar-refractivity contribution in [2.24, 2.45) is 0 Å². The third-order valence-electron chi connectivity index (χ3n) is 3.84. The van der Waals surface area contributed by atoms with Crippen molar-refractivity contribution in [1.29, 1.82) is 0 Å². The van der Waals surface area contributed by atoms with Crippen molar-refractivity contribution in [1.82, 2.24) is 14.9 Å². The van der Waals surface area contributed by atoms with E-state index >= 15 is 0 Å². The van der Waals surface area contributed by atoms with Crippen LogP contribution < -0.4 is 10.6 Å². The molecule has 1 aromatic carbocycles. The fourth-order valence-electron chi connectivity index (χ4n) is 2.47. The lowest BCUT2D eigenvalue weighted by atomic mass is 10.2. The number of pyridine rings is 2. The van der Waals surface area contributed by atoms with E-state index in [0.717, 1.165) is 0 Å². The summed E-state index contributed by atoms with van der Waals surface area (Å²) >= 11 is 12.2. The van der Waals surface area contributed by atoms with Crippen molar-refractivity contribution < 1.29 is 9.59 Å². The van der Waals surface area contributed by atoms with E-state index in [9.17, 15) is 9.59 Å². The van der Waals surface area contributed by atoms with Crippen molar-refractivity contribution in [2.75, 3.05) is 24.7 Å². The highest BCUT2D eigenvalue weighted by Gasteiger charge is 2.15. The largest absolute Gasteiger partial charge is 0.343 e. The SMILES string of the molecule is CN(C)C(=O)c1cccc(Nc2cc(NC(=O)c3c(Cl)cccc3Cl)ccn2)n1. The van der Waals surface area contributed by atoms with Gasteiger partial charge in [-0.05, 0) is 30.3 Å². The summed E-state index contributed by atoms with van der Waals surface area (Å²) in [5, 5.41) is 6.28. The molecule has 2 aromatic heterocycles. The molecular weight excluding hydrogens is 413 g/mol. The third kappa shape index (κ3) is 5.01. The molecular formula is C20H17Cl2N5O2. The number of nitrogens with one attached hydrogen (secondary N) is 2. The summed E-state index contributed by atoms with van der Waals surface area (Å²) in [4.78, 5) is 34.5. The number of carbonyl (C=O) groups is 2. The first kappa shape index (κ1) is 20.6. The molecule has 3 rings (SSSR count). The van der Waals surface area contributed by atoms with Gasteiger partial charge in [-0.1, -0.05) is 35.3 Å². The van der Waals surface area contributed by atoms with Crippen molar-refractivity contribution >= 4 is 52.3 Å². The van der Waals surface area contributed by atoms with Crippen LogP contribution in [0.15, 0.2) is 54.7 Å². The van der Waals surface area contributed by atoms with E-state index in [1.54, 1.807) is 62.6 Å². The van der Waals surface area contributed by atoms with Crippen LogP contribution >= 0.6 is 23.2 Å². The topological polar surface area (TPSA) is 87.2 Å². The Balaban J connectivity index is 1.78. The normalized spacial score (nSPS) is 10.3. The minimum absolute atomic E-state index is 0.193. The molecule has 7 nitrogen and oxygen atoms in total. The molecule has 9 heteroatoms. The lowest BCUT2D eigenvalue weighted by Gasteiger charge is -2.12. The van der Waals surface area contributed by atoms with Crippen LogP contribution in [0.3, 0.4) is 0 Å². The Bertz CT molecular complexity index is 1050. The zero-order valence-electron chi connectivity index (χ0n) is 15.6. The Hall–Kier alpha value is -3.16. The molecule has 2 N–H and O–H groups in total. The number of hydrogen-bond donors (Lipinski definition) is 2. The van der Waals surface area contributed by atoms with Gasteiger partial charge in [-0.3, -0.25) is 9.59 Å². The molecule has 0 aliphatic rings. The van der Waals surface area contributed by atoms with Crippen molar-refractivity contribution in [3.05, 3.63) is 76.0 Å². The fourth-order valence-corrected chi connectivity index (χ4v) is 3.04. The summed E-state index contributed by atoms with van der Waals surface area (Å²) in [5.41, 5.74) is 0.987. The van der Waals surface area contributed by atoms with Crippen molar-refractivity contribution in [3.63, 3.8) is 0 Å². The second kappa shape index (κ2) is 8.89. The first-order chi connectivity index (χ1) is 13.8. The van der Waals surface area contributed by atoms with Gasteiger partial charge < -0.3 is 15.5 Å². The lowest BCUT2D eigenvalue weighted by molar-refractivity contribution is 0.0822. The van der Waals surface area contributed by atoms with E-state index < -0.39 is 5.91 Å². The van der Waals surface area contributed by atoms with Crippen LogP contribution in [-0.2, 0) is 0 Å². The first-order valence-electron chi connectivity index (χ1n) is 8.52. The number of nitrogens with zero attached hydrogens (tertiary/aromatic N) is 3. The standard InChI is InChI=1S/C20H17Cl2N5O2/c1-27(2)20(29)15-7-4-8-16(25-15)26-17-11-12(9-10-23-17)24-19(28)18-13(21)5-3-6-14(18)22/h3-11H,1-2H3,(H2,23,24,25,26,28). The van der Waals surface area contributed by atoms with Gasteiger partial charge in [0.25, 0.3) is 11.8 Å². The number of benzene rings is 1. The molecule has 148 valence electrons. The van der Waals surface area contributed by atoms with Gasteiger partial charge in [-0.15, -0.1) is 0 Å². The van der Waals surface area contributed by atoms with Gasteiger partial charge in [0.05, 0.1) is 15.6 Å². The van der Waals surface area contributed by atoms with Crippen LogP contribution in [0.1, 0.15) is 20.8 Å². The van der Waals surface area contributed by atoms with Crippen molar-refractivity contribution in [3.8, 4) is 0 Å². The van der Waals surface area contributed by atoms with Crippen molar-refractivity contribution in [2.45, 2.75) is 0 Å². The molecule has 0 saturated heterocycles. The molecule has 2 amide bonds. The van der Waals surface area contributed by atoms with Gasteiger partial charge in [0.1, 0.15) is 17.3 Å². The van der Waals surface area contributed by atoms with Gasteiger partial charge in [-0.2, -0.15) is 0 Å². The maximum Gasteiger partial charge on any atom is 0.272 e. The minimum Gasteiger partial charge on any atom is -0.343 e. The molecule has 0 radical (unpaired) electrons. The average molecular weight is 430 g/mol. The van der Waals surface area contributed by atoms with E-state index in [1.807, 2.05) is 0 Å². The molecule has 0 aliphatic heterocycles. The summed E-state index contributed by atoms with van der Waals surface area (Å²) in [6.07, 6.45) is 1.53. The number of anilines is 3. The number of aromatic nitrogens is 2. The number of halogens is 2. The Kier molecular flexibility index (Phi) is 6.31. The highest BCUT2D eigenvalue weighted by Crippen LogP contribution is 2.26. The fraction of sp³-hybridized carbons (Fsp3) is 0.100. The molecule has 0 bridgehead atoms. The maximum atomic E-state index is 12.5. The van der Waals surface area contributed by atoms with Crippen LogP contribution in [0, 0.1) is 0 Å². The summed E-state index contributed by atoms with van der Waals surface area (Å²) in [7, 11) is 3.31. The zero-order valence-corrected chi connectivity index (χ0v) is 17.1. The van der Waals surface area contributed by atoms with Crippen LogP contribution in [0.25, 0.3) is 0 Å². The first-order valence-corrected chi connectivity index (χ1v) is 9.28. The molecule has 3 aromatic rings. The van der Waals surface area contributed by atoms with Gasteiger partial charge in [0, 0.05) is 32.0 Å². The Labute approximate surface area is 177 Å². The van der Waals surface area contributed by atoms with Crippen LogP contribution in [0.2, 0.25) is 10.0 Å². The van der Waals surface area contributed by atoms with Crippen LogP contribution in [0.5, 0.6) is 0 Å². The van der Waals surface area contributed by atoms with Crippen LogP contribution in [-0.4, -0.2) is 40.8 Å². The Morgan fingerprint density at radius 3 is 2.34 bits per heavy atom. The Morgan fingerprint density at radius 2 is 1.66 bits per heavy atom. The van der Waals surface area contributed by atoms with E-state index in [-0.39, 0.29) is 21.5 Å². The predicted octanol–water partition coefficient (Wildman–Crippen LogP) is 4.48. The molecule has 2 heterocycles. The van der Waals surface area contributed by atoms with Gasteiger partial charge in [0.2, 0.25) is 0 Å². The second-order valence-corrected chi connectivity index (χ2v) is 7.03. The van der Waals surface area contributed by atoms with Gasteiger partial charge in [0.15, 0.2) is 0 Å². The average Bonchev–Trinajstić information content (AvgIpc) is 2.67. The second-order valence-electron chi connectivity index (χ2n) is 6.21. The quantitative estimate of drug-likeness (QED) is 0.623. The van der Waals surface area contributed by atoms with E-state index in [1.165, 1.54) is 11.1 Å². The highest BCUT2D eigenvalue weighted by atomic mass is 35.5. The monoisotopic (exact) mass is 429 g/mol. The molecule has 0 atom stereocenters. The Morgan fingerprint density at radius 1 is 0.966 bits per heavy atom. The number of hydrogen-bond acceptors (Lipinski definition) is 5. The van der Waals surface area contributed by atoms with E-state index in [0.29, 0.717) is 23.0 Å². The molecule has 0 saturated carbocycles. The summed E-state index contributed by atoms with van der Waals surface area (Å²) in [5.74, 6) is 0.242. The molecule has 0 aliphatic carbocycles. The predicted molar refractivity (Wildman–Crippen MR) is 114 cm³/mol. The third-order valence-corrected chi connectivity index (χ3v) is 4.47. The van der Waals surface area contributed by atoms with Gasteiger partial charge >= 0.3 is 0 Å². The smallest absolute Gasteiger partial charge is 0.272 e. The minimum atomic E-state index is -0.436. The zero-order chi connectivity index (χ0) is 21.0. The maximum absolute atomic E-state index is 12.5. The summed E-state index contributed by atoms with van der Waals surface area (Å²) < 4.78 is 0. The summed E-state index contributed by atoms with van der Waals surface area (Å²) in [6.45, 7) is 0. The molecule has 0 spiro atoms. The van der Waals surface area contributed by atoms with E-state index in [4.69, 9.17) is 23.2 Å². The van der Waals surface area contributed by atoms with E-state index in [2.05, 4.69) is 20.6 Å². The number of carbonyl (C=O) groups excluding carboxylic acids is 2. The van der Waals surface area contributed by atoms with Crippen LogP contribution in [0.4, 0.5) is 17.3 Å². The highest BCUT2D eigenvalue weighted by molar-refractivity contribution is 6.40. The molecule has 0 fully saturated rings. The lowest BCUT2D eigenvalue weighted by Crippen LogP contribution is -2.22. The number of amides is 2. The van der Waals surface area contributed by atoms with Gasteiger partial charge in [-0.25, -0.2) is 9.97 Å².